The maximum Gasteiger partial charge on any atom is 0.0434 e. The second-order valence-electron chi connectivity index (χ2n) is 3.41. The zero-order valence-electron chi connectivity index (χ0n) is 8.39. The van der Waals surface area contributed by atoms with E-state index >= 15 is 0 Å². The minimum atomic E-state index is 0.605. The Bertz CT molecular complexity index is 324. The van der Waals surface area contributed by atoms with Gasteiger partial charge in [0.15, 0.2) is 0 Å². The van der Waals surface area contributed by atoms with E-state index in [1.807, 2.05) is 0 Å². The highest BCUT2D eigenvalue weighted by molar-refractivity contribution is 6.19. The Morgan fingerprint density at radius 3 is 2.69 bits per heavy atom. The van der Waals surface area contributed by atoms with E-state index in [-0.39, 0.29) is 0 Å². The van der Waals surface area contributed by atoms with E-state index in [2.05, 4.69) is 45.0 Å². The first-order chi connectivity index (χ1) is 6.15. The summed E-state index contributed by atoms with van der Waals surface area (Å²) in [6.45, 7) is 6.32. The zero-order chi connectivity index (χ0) is 9.84. The molecule has 0 atom stereocenters. The largest absolute Gasteiger partial charge is 0.122 e. The Labute approximate surface area is 85.2 Å². The van der Waals surface area contributed by atoms with Crippen molar-refractivity contribution in [2.24, 2.45) is 0 Å². The molecular formula is C12H15Cl. The van der Waals surface area contributed by atoms with Crippen LogP contribution in [-0.2, 0) is 0 Å². The third-order valence-corrected chi connectivity index (χ3v) is 2.68. The fraction of sp³-hybridized carbons (Fsp3) is 0.333. The molecule has 0 fully saturated rings. The highest BCUT2D eigenvalue weighted by Gasteiger charge is 1.97. The molecule has 0 nitrogen and oxygen atoms in total. The number of allylic oxidation sites excluding steroid dienone is 1. The lowest BCUT2D eigenvalue weighted by Crippen LogP contribution is -1.86. The summed E-state index contributed by atoms with van der Waals surface area (Å²) in [6, 6.07) is 6.33. The topological polar surface area (TPSA) is 0 Å². The Morgan fingerprint density at radius 2 is 2.08 bits per heavy atom. The Kier molecular flexibility index (Phi) is 3.56. The molecule has 1 rings (SSSR count). The molecule has 0 aliphatic rings. The van der Waals surface area contributed by atoms with Crippen molar-refractivity contribution in [1.29, 1.82) is 0 Å². The van der Waals surface area contributed by atoms with Crippen LogP contribution in [0.25, 0.3) is 6.08 Å². The molecule has 0 aliphatic carbocycles. The molecule has 70 valence electrons. The van der Waals surface area contributed by atoms with Crippen LogP contribution in [0, 0.1) is 13.8 Å². The lowest BCUT2D eigenvalue weighted by atomic mass is 10.0. The quantitative estimate of drug-likeness (QED) is 0.626. The number of hydrogen-bond acceptors (Lipinski definition) is 0. The van der Waals surface area contributed by atoms with Crippen LogP contribution in [0.1, 0.15) is 23.6 Å². The number of halogens is 1. The van der Waals surface area contributed by atoms with E-state index in [0.717, 1.165) is 0 Å². The van der Waals surface area contributed by atoms with Crippen molar-refractivity contribution in [1.82, 2.24) is 0 Å². The van der Waals surface area contributed by atoms with Crippen molar-refractivity contribution in [3.63, 3.8) is 0 Å². The fourth-order valence-electron chi connectivity index (χ4n) is 1.23. The molecule has 13 heavy (non-hydrogen) atoms. The van der Waals surface area contributed by atoms with Crippen LogP contribution in [0.5, 0.6) is 0 Å². The van der Waals surface area contributed by atoms with Gasteiger partial charge in [-0.1, -0.05) is 29.8 Å². The summed E-state index contributed by atoms with van der Waals surface area (Å²) in [5, 5.41) is 0. The van der Waals surface area contributed by atoms with Crippen LogP contribution in [0.3, 0.4) is 0 Å². The summed E-state index contributed by atoms with van der Waals surface area (Å²) in [7, 11) is 0. The monoisotopic (exact) mass is 194 g/mol. The van der Waals surface area contributed by atoms with Crippen LogP contribution >= 0.6 is 11.6 Å². The van der Waals surface area contributed by atoms with Gasteiger partial charge < -0.3 is 0 Å². The van der Waals surface area contributed by atoms with E-state index in [4.69, 9.17) is 11.6 Å². The first-order valence-corrected chi connectivity index (χ1v) is 4.98. The molecule has 0 heterocycles. The molecule has 0 spiro atoms. The lowest BCUT2D eigenvalue weighted by Gasteiger charge is -2.04. The number of aryl methyl sites for hydroxylation is 1. The fourth-order valence-corrected chi connectivity index (χ4v) is 1.31. The summed E-state index contributed by atoms with van der Waals surface area (Å²) in [5.74, 6) is 0.605. The number of benzene rings is 1. The maximum absolute atomic E-state index is 5.73. The molecule has 1 heteroatoms. The summed E-state index contributed by atoms with van der Waals surface area (Å²) in [5.41, 5.74) is 5.15. The maximum atomic E-state index is 5.73. The zero-order valence-corrected chi connectivity index (χ0v) is 9.15. The molecule has 1 aromatic rings. The predicted molar refractivity (Wildman–Crippen MR) is 60.3 cm³/mol. The van der Waals surface area contributed by atoms with Crippen molar-refractivity contribution in [2.75, 3.05) is 5.88 Å². The van der Waals surface area contributed by atoms with Gasteiger partial charge in [-0.05, 0) is 37.5 Å². The lowest BCUT2D eigenvalue weighted by molar-refractivity contribution is 1.31. The second kappa shape index (κ2) is 4.48. The van der Waals surface area contributed by atoms with Gasteiger partial charge in [-0.15, -0.1) is 11.6 Å². The molecule has 0 radical (unpaired) electrons. The van der Waals surface area contributed by atoms with Gasteiger partial charge in [0.05, 0.1) is 0 Å². The average Bonchev–Trinajstić information content (AvgIpc) is 2.13. The molecule has 1 aromatic carbocycles. The minimum absolute atomic E-state index is 0.605. The predicted octanol–water partition coefficient (Wildman–Crippen LogP) is 3.95. The van der Waals surface area contributed by atoms with Gasteiger partial charge in [0.1, 0.15) is 0 Å². The molecule has 0 bridgehead atoms. The number of alkyl halides is 1. The molecule has 0 aliphatic heterocycles. The van der Waals surface area contributed by atoms with Crippen LogP contribution in [-0.4, -0.2) is 5.88 Å². The van der Waals surface area contributed by atoms with E-state index in [1.54, 1.807) is 0 Å². The summed E-state index contributed by atoms with van der Waals surface area (Å²) in [4.78, 5) is 0. The van der Waals surface area contributed by atoms with Gasteiger partial charge in [-0.3, -0.25) is 0 Å². The van der Waals surface area contributed by atoms with Crippen LogP contribution in [0.2, 0.25) is 0 Å². The third kappa shape index (κ3) is 2.60. The first kappa shape index (κ1) is 10.3. The number of hydrogen-bond donors (Lipinski definition) is 0. The standard InChI is InChI=1S/C12H15Cl/c1-9(8-13)7-12-6-4-5-10(2)11(12)3/h4-7H,8H2,1-3H3. The summed E-state index contributed by atoms with van der Waals surface area (Å²) in [6.07, 6.45) is 2.15. The molecule has 0 unspecified atom stereocenters. The molecule has 0 saturated carbocycles. The average molecular weight is 195 g/mol. The molecule has 0 aromatic heterocycles. The van der Waals surface area contributed by atoms with Crippen molar-refractivity contribution >= 4 is 17.7 Å². The van der Waals surface area contributed by atoms with Crippen molar-refractivity contribution in [3.8, 4) is 0 Å². The van der Waals surface area contributed by atoms with Crippen LogP contribution in [0.4, 0.5) is 0 Å². The molecular weight excluding hydrogens is 180 g/mol. The number of rotatable bonds is 2. The van der Waals surface area contributed by atoms with Crippen molar-refractivity contribution in [2.45, 2.75) is 20.8 Å². The van der Waals surface area contributed by atoms with Crippen LogP contribution in [0.15, 0.2) is 23.8 Å². The normalized spacial score (nSPS) is 11.8. The van der Waals surface area contributed by atoms with Gasteiger partial charge in [0.2, 0.25) is 0 Å². The van der Waals surface area contributed by atoms with Gasteiger partial charge >= 0.3 is 0 Å². The Hall–Kier alpha value is -0.750. The van der Waals surface area contributed by atoms with Crippen molar-refractivity contribution in [3.05, 3.63) is 40.5 Å². The van der Waals surface area contributed by atoms with E-state index < -0.39 is 0 Å². The first-order valence-electron chi connectivity index (χ1n) is 4.44. The van der Waals surface area contributed by atoms with Gasteiger partial charge in [-0.25, -0.2) is 0 Å². The van der Waals surface area contributed by atoms with E-state index in [9.17, 15) is 0 Å². The van der Waals surface area contributed by atoms with Gasteiger partial charge in [0, 0.05) is 5.88 Å². The van der Waals surface area contributed by atoms with Gasteiger partial charge in [-0.2, -0.15) is 0 Å². The van der Waals surface area contributed by atoms with Crippen LogP contribution < -0.4 is 0 Å². The molecule has 0 saturated heterocycles. The Morgan fingerprint density at radius 1 is 1.38 bits per heavy atom. The van der Waals surface area contributed by atoms with E-state index in [1.165, 1.54) is 22.3 Å². The van der Waals surface area contributed by atoms with E-state index in [0.29, 0.717) is 5.88 Å². The summed E-state index contributed by atoms with van der Waals surface area (Å²) < 4.78 is 0. The minimum Gasteiger partial charge on any atom is -0.122 e. The Balaban J connectivity index is 3.09. The highest BCUT2D eigenvalue weighted by atomic mass is 35.5. The smallest absolute Gasteiger partial charge is 0.0434 e. The third-order valence-electron chi connectivity index (χ3n) is 2.26. The molecule has 0 N–H and O–H groups in total. The van der Waals surface area contributed by atoms with Gasteiger partial charge in [0.25, 0.3) is 0 Å². The van der Waals surface area contributed by atoms with Crippen molar-refractivity contribution < 1.29 is 0 Å². The second-order valence-corrected chi connectivity index (χ2v) is 3.68. The highest BCUT2D eigenvalue weighted by Crippen LogP contribution is 2.16. The SMILES string of the molecule is CC(=Cc1cccc(C)c1C)CCl. The summed E-state index contributed by atoms with van der Waals surface area (Å²) >= 11 is 5.73. The molecule has 0 amide bonds.